The number of halogens is 2. The number of aliphatic imine (C=N–C) groups is 1. The largest absolute Gasteiger partial charge is 0.289 e. The van der Waals surface area contributed by atoms with Crippen LogP contribution in [0.3, 0.4) is 0 Å². The highest BCUT2D eigenvalue weighted by Crippen LogP contribution is 2.26. The van der Waals surface area contributed by atoms with Gasteiger partial charge in [0, 0.05) is 12.3 Å². The van der Waals surface area contributed by atoms with Crippen molar-refractivity contribution in [1.29, 1.82) is 0 Å². The molecule has 0 saturated carbocycles. The SMILES string of the molecule is O=C(Cc1ccc(-c2ccccc2)cc1)N1CCN=C1SCc1ccc(Cl)c(Cl)c1. The molecule has 3 aromatic rings. The maximum absolute atomic E-state index is 12.9. The summed E-state index contributed by atoms with van der Waals surface area (Å²) in [6, 6.07) is 24.0. The minimum Gasteiger partial charge on any atom is -0.289 e. The van der Waals surface area contributed by atoms with Crippen LogP contribution >= 0.6 is 35.0 Å². The molecular weight excluding hydrogens is 435 g/mol. The molecule has 0 saturated heterocycles. The van der Waals surface area contributed by atoms with Gasteiger partial charge in [-0.3, -0.25) is 14.7 Å². The lowest BCUT2D eigenvalue weighted by atomic mass is 10.0. The van der Waals surface area contributed by atoms with Crippen molar-refractivity contribution in [3.8, 4) is 11.1 Å². The van der Waals surface area contributed by atoms with E-state index in [1.54, 1.807) is 22.7 Å². The third-order valence-corrected chi connectivity index (χ3v) is 6.70. The normalized spacial score (nSPS) is 13.4. The van der Waals surface area contributed by atoms with E-state index in [-0.39, 0.29) is 5.91 Å². The summed E-state index contributed by atoms with van der Waals surface area (Å²) in [5, 5.41) is 1.85. The second-order valence-electron chi connectivity index (χ2n) is 6.99. The van der Waals surface area contributed by atoms with Crippen LogP contribution in [0, 0.1) is 0 Å². The summed E-state index contributed by atoms with van der Waals surface area (Å²) < 4.78 is 0. The van der Waals surface area contributed by atoms with E-state index in [0.29, 0.717) is 35.3 Å². The Kier molecular flexibility index (Phi) is 6.78. The topological polar surface area (TPSA) is 32.7 Å². The summed E-state index contributed by atoms with van der Waals surface area (Å²) in [6.45, 7) is 1.27. The van der Waals surface area contributed by atoms with E-state index in [1.807, 2.05) is 42.5 Å². The molecule has 0 N–H and O–H groups in total. The highest BCUT2D eigenvalue weighted by atomic mass is 35.5. The zero-order valence-corrected chi connectivity index (χ0v) is 18.6. The monoisotopic (exact) mass is 454 g/mol. The summed E-state index contributed by atoms with van der Waals surface area (Å²) in [5.41, 5.74) is 4.36. The van der Waals surface area contributed by atoms with Gasteiger partial charge in [-0.1, -0.05) is 95.6 Å². The van der Waals surface area contributed by atoms with Gasteiger partial charge in [-0.25, -0.2) is 0 Å². The third kappa shape index (κ3) is 5.07. The number of carbonyl (C=O) groups is 1. The van der Waals surface area contributed by atoms with Gasteiger partial charge in [0.25, 0.3) is 0 Å². The molecule has 0 unspecified atom stereocenters. The van der Waals surface area contributed by atoms with Crippen LogP contribution in [-0.4, -0.2) is 29.1 Å². The molecule has 3 aromatic carbocycles. The highest BCUT2D eigenvalue weighted by Gasteiger charge is 2.24. The molecule has 1 aliphatic rings. The van der Waals surface area contributed by atoms with Gasteiger partial charge in [-0.2, -0.15) is 0 Å². The Morgan fingerprint density at radius 1 is 0.900 bits per heavy atom. The van der Waals surface area contributed by atoms with Crippen LogP contribution in [0.1, 0.15) is 11.1 Å². The first-order valence-corrected chi connectivity index (χ1v) is 11.4. The summed E-state index contributed by atoms with van der Waals surface area (Å²) in [6.07, 6.45) is 0.363. The molecule has 152 valence electrons. The van der Waals surface area contributed by atoms with E-state index in [4.69, 9.17) is 23.2 Å². The summed E-state index contributed by atoms with van der Waals surface area (Å²) >= 11 is 13.6. The fourth-order valence-corrected chi connectivity index (χ4v) is 4.60. The second-order valence-corrected chi connectivity index (χ2v) is 8.74. The number of rotatable bonds is 5. The zero-order chi connectivity index (χ0) is 20.9. The van der Waals surface area contributed by atoms with Crippen LogP contribution in [0.5, 0.6) is 0 Å². The minimum atomic E-state index is 0.0698. The number of amides is 1. The van der Waals surface area contributed by atoms with Crippen molar-refractivity contribution in [2.75, 3.05) is 13.1 Å². The average molecular weight is 455 g/mol. The number of hydrogen-bond donors (Lipinski definition) is 0. The molecule has 0 fully saturated rings. The van der Waals surface area contributed by atoms with Gasteiger partial charge in [0.1, 0.15) is 0 Å². The fraction of sp³-hybridized carbons (Fsp3) is 0.167. The van der Waals surface area contributed by atoms with Crippen LogP contribution in [-0.2, 0) is 17.0 Å². The molecule has 0 atom stereocenters. The molecule has 0 radical (unpaired) electrons. The van der Waals surface area contributed by atoms with E-state index < -0.39 is 0 Å². The van der Waals surface area contributed by atoms with Crippen LogP contribution in [0.25, 0.3) is 11.1 Å². The number of nitrogens with zero attached hydrogens (tertiary/aromatic N) is 2. The predicted octanol–water partition coefficient (Wildman–Crippen LogP) is 6.33. The minimum absolute atomic E-state index is 0.0698. The molecule has 1 amide bonds. The molecule has 3 nitrogen and oxygen atoms in total. The first kappa shape index (κ1) is 21.0. The Morgan fingerprint density at radius 3 is 2.33 bits per heavy atom. The standard InChI is InChI=1S/C24H20Cl2N2OS/c25-21-11-8-18(14-22(21)26)16-30-24-27-12-13-28(24)23(29)15-17-6-9-20(10-7-17)19-4-2-1-3-5-19/h1-11,14H,12-13,15-16H2. The molecule has 4 rings (SSSR count). The summed E-state index contributed by atoms with van der Waals surface area (Å²) in [4.78, 5) is 19.2. The van der Waals surface area contributed by atoms with E-state index >= 15 is 0 Å². The lowest BCUT2D eigenvalue weighted by Crippen LogP contribution is -2.34. The third-order valence-electron chi connectivity index (χ3n) is 4.87. The Balaban J connectivity index is 1.36. The molecular formula is C24H20Cl2N2OS. The van der Waals surface area contributed by atoms with Crippen LogP contribution < -0.4 is 0 Å². The fourth-order valence-electron chi connectivity index (χ4n) is 3.27. The smallest absolute Gasteiger partial charge is 0.233 e. The molecule has 6 heteroatoms. The summed E-state index contributed by atoms with van der Waals surface area (Å²) in [7, 11) is 0. The van der Waals surface area contributed by atoms with Crippen molar-refractivity contribution in [3.63, 3.8) is 0 Å². The van der Waals surface area contributed by atoms with Gasteiger partial charge in [0.05, 0.1) is 23.0 Å². The van der Waals surface area contributed by atoms with Gasteiger partial charge in [-0.15, -0.1) is 0 Å². The average Bonchev–Trinajstić information content (AvgIpc) is 3.25. The second kappa shape index (κ2) is 9.69. The number of benzene rings is 3. The van der Waals surface area contributed by atoms with Gasteiger partial charge < -0.3 is 0 Å². The quantitative estimate of drug-likeness (QED) is 0.450. The first-order chi connectivity index (χ1) is 14.6. The van der Waals surface area contributed by atoms with Crippen molar-refractivity contribution in [2.24, 2.45) is 4.99 Å². The lowest BCUT2D eigenvalue weighted by Gasteiger charge is -2.18. The summed E-state index contributed by atoms with van der Waals surface area (Å²) in [5.74, 6) is 0.756. The van der Waals surface area contributed by atoms with Crippen molar-refractivity contribution in [3.05, 3.63) is 94.0 Å². The lowest BCUT2D eigenvalue weighted by molar-refractivity contribution is -0.126. The van der Waals surface area contributed by atoms with E-state index in [9.17, 15) is 4.79 Å². The Labute approximate surface area is 190 Å². The molecule has 0 aliphatic carbocycles. The van der Waals surface area contributed by atoms with Gasteiger partial charge in [-0.05, 0) is 34.4 Å². The highest BCUT2D eigenvalue weighted by molar-refractivity contribution is 8.13. The molecule has 30 heavy (non-hydrogen) atoms. The number of thioether (sulfide) groups is 1. The number of carbonyl (C=O) groups excluding carboxylic acids is 1. The molecule has 0 aromatic heterocycles. The van der Waals surface area contributed by atoms with Crippen molar-refractivity contribution < 1.29 is 4.79 Å². The number of amidine groups is 1. The maximum atomic E-state index is 12.9. The van der Waals surface area contributed by atoms with E-state index in [2.05, 4.69) is 29.3 Å². The Hall–Kier alpha value is -2.27. The molecule has 0 bridgehead atoms. The van der Waals surface area contributed by atoms with Gasteiger partial charge >= 0.3 is 0 Å². The van der Waals surface area contributed by atoms with Crippen LogP contribution in [0.2, 0.25) is 10.0 Å². The van der Waals surface area contributed by atoms with E-state index in [1.165, 1.54) is 5.56 Å². The number of hydrogen-bond acceptors (Lipinski definition) is 3. The molecule has 1 heterocycles. The van der Waals surface area contributed by atoms with Crippen LogP contribution in [0.15, 0.2) is 77.8 Å². The van der Waals surface area contributed by atoms with Gasteiger partial charge in [0.2, 0.25) is 5.91 Å². The van der Waals surface area contributed by atoms with E-state index in [0.717, 1.165) is 21.9 Å². The van der Waals surface area contributed by atoms with Crippen molar-refractivity contribution in [1.82, 2.24) is 4.90 Å². The van der Waals surface area contributed by atoms with Crippen molar-refractivity contribution in [2.45, 2.75) is 12.2 Å². The maximum Gasteiger partial charge on any atom is 0.233 e. The van der Waals surface area contributed by atoms with Crippen molar-refractivity contribution >= 4 is 46.0 Å². The zero-order valence-electron chi connectivity index (χ0n) is 16.2. The predicted molar refractivity (Wildman–Crippen MR) is 127 cm³/mol. The van der Waals surface area contributed by atoms with Crippen LogP contribution in [0.4, 0.5) is 0 Å². The molecule has 1 aliphatic heterocycles. The first-order valence-electron chi connectivity index (χ1n) is 9.66. The Morgan fingerprint density at radius 2 is 1.60 bits per heavy atom. The Bertz CT molecular complexity index is 1070. The molecule has 0 spiro atoms. The van der Waals surface area contributed by atoms with Gasteiger partial charge in [0.15, 0.2) is 5.17 Å².